The van der Waals surface area contributed by atoms with Gasteiger partial charge in [0.25, 0.3) is 0 Å². The Bertz CT molecular complexity index is 399. The number of hydrogen-bond acceptors (Lipinski definition) is 3. The van der Waals surface area contributed by atoms with Crippen molar-refractivity contribution in [1.82, 2.24) is 4.90 Å². The summed E-state index contributed by atoms with van der Waals surface area (Å²) in [7, 11) is 3.14. The minimum atomic E-state index is -0.344. The van der Waals surface area contributed by atoms with Gasteiger partial charge in [0.1, 0.15) is 0 Å². The predicted octanol–water partition coefficient (Wildman–Crippen LogP) is 1.20. The van der Waals surface area contributed by atoms with E-state index in [0.29, 0.717) is 0 Å². The summed E-state index contributed by atoms with van der Waals surface area (Å²) in [5.74, 6) is 0.664. The lowest BCUT2D eigenvalue weighted by Gasteiger charge is -2.50. The molecule has 4 atom stereocenters. The van der Waals surface area contributed by atoms with Gasteiger partial charge in [-0.05, 0) is 17.8 Å². The van der Waals surface area contributed by atoms with E-state index in [4.69, 9.17) is 0 Å². The average Bonchev–Trinajstić information content (AvgIpc) is 2.32. The van der Waals surface area contributed by atoms with Crippen LogP contribution in [0.25, 0.3) is 0 Å². The van der Waals surface area contributed by atoms with Crippen LogP contribution in [0.2, 0.25) is 0 Å². The first-order valence-electron chi connectivity index (χ1n) is 5.77. The van der Waals surface area contributed by atoms with Crippen molar-refractivity contribution in [2.24, 2.45) is 23.7 Å². The Kier molecular flexibility index (Phi) is 3.05. The molecule has 1 heterocycles. The summed E-state index contributed by atoms with van der Waals surface area (Å²) in [6.45, 7) is 2.05. The van der Waals surface area contributed by atoms with Crippen LogP contribution in [0.3, 0.4) is 0 Å². The molecule has 1 aliphatic heterocycles. The molecule has 0 radical (unpaired) electrons. The molecule has 4 nitrogen and oxygen atoms in total. The number of fused-ring (bicyclic) bond motifs is 1. The third-order valence-corrected chi connectivity index (χ3v) is 3.85. The van der Waals surface area contributed by atoms with Crippen molar-refractivity contribution in [2.75, 3.05) is 14.2 Å². The topological polar surface area (TPSA) is 46.6 Å². The number of esters is 1. The molecule has 1 amide bonds. The summed E-state index contributed by atoms with van der Waals surface area (Å²) in [5.41, 5.74) is 0. The third-order valence-electron chi connectivity index (χ3n) is 3.85. The van der Waals surface area contributed by atoms with Crippen molar-refractivity contribution in [2.45, 2.75) is 6.92 Å². The molecule has 1 saturated carbocycles. The fraction of sp³-hybridized carbons (Fsp3) is 0.538. The SMILES string of the molecule is COC(=O)/C=C/[C@H]1[C@H](C)[C@@H]2C(=O)N(C)C=C[C@H]12. The number of allylic oxidation sites excluding steroid dienone is 2. The second kappa shape index (κ2) is 4.35. The zero-order chi connectivity index (χ0) is 12.6. The first-order valence-corrected chi connectivity index (χ1v) is 5.77. The molecular weight excluding hydrogens is 218 g/mol. The quantitative estimate of drug-likeness (QED) is 0.533. The van der Waals surface area contributed by atoms with Crippen LogP contribution in [-0.2, 0) is 14.3 Å². The normalized spacial score (nSPS) is 35.7. The highest BCUT2D eigenvalue weighted by Crippen LogP contribution is 2.49. The van der Waals surface area contributed by atoms with Crippen LogP contribution < -0.4 is 0 Å². The Balaban J connectivity index is 2.09. The van der Waals surface area contributed by atoms with Gasteiger partial charge >= 0.3 is 5.97 Å². The number of carbonyl (C=O) groups excluding carboxylic acids is 2. The monoisotopic (exact) mass is 235 g/mol. The number of methoxy groups -OCH3 is 1. The standard InChI is InChI=1S/C13H17NO3/c1-8-9(4-5-11(15)17-3)10-6-7-14(2)13(16)12(8)10/h4-10,12H,1-3H3/b5-4+/t8-,9-,10+,12-/m0/s1. The van der Waals surface area contributed by atoms with E-state index >= 15 is 0 Å². The van der Waals surface area contributed by atoms with Gasteiger partial charge in [-0.2, -0.15) is 0 Å². The van der Waals surface area contributed by atoms with E-state index in [1.807, 2.05) is 12.3 Å². The van der Waals surface area contributed by atoms with E-state index in [1.165, 1.54) is 13.2 Å². The van der Waals surface area contributed by atoms with Gasteiger partial charge in [-0.1, -0.05) is 19.1 Å². The summed E-state index contributed by atoms with van der Waals surface area (Å²) >= 11 is 0. The molecule has 1 fully saturated rings. The fourth-order valence-corrected chi connectivity index (χ4v) is 2.77. The Morgan fingerprint density at radius 2 is 2.24 bits per heavy atom. The molecule has 0 unspecified atom stereocenters. The molecule has 0 saturated heterocycles. The number of hydrogen-bond donors (Lipinski definition) is 0. The van der Waals surface area contributed by atoms with E-state index < -0.39 is 0 Å². The molecule has 0 bridgehead atoms. The summed E-state index contributed by atoms with van der Waals surface area (Å²) < 4.78 is 4.56. The molecule has 2 aliphatic rings. The Morgan fingerprint density at radius 3 is 2.88 bits per heavy atom. The van der Waals surface area contributed by atoms with Gasteiger partial charge in [0.2, 0.25) is 5.91 Å². The summed E-state index contributed by atoms with van der Waals surface area (Å²) in [4.78, 5) is 24.6. The highest BCUT2D eigenvalue weighted by molar-refractivity contribution is 5.84. The van der Waals surface area contributed by atoms with E-state index in [9.17, 15) is 9.59 Å². The minimum absolute atomic E-state index is 0.0669. The van der Waals surface area contributed by atoms with Crippen molar-refractivity contribution in [3.8, 4) is 0 Å². The van der Waals surface area contributed by atoms with Crippen molar-refractivity contribution >= 4 is 11.9 Å². The molecule has 0 spiro atoms. The van der Waals surface area contributed by atoms with Gasteiger partial charge in [-0.3, -0.25) is 4.79 Å². The molecule has 1 aliphatic carbocycles. The molecule has 0 aromatic rings. The van der Waals surface area contributed by atoms with Gasteiger partial charge in [0.15, 0.2) is 0 Å². The number of nitrogens with zero attached hydrogens (tertiary/aromatic N) is 1. The number of ether oxygens (including phenoxy) is 1. The minimum Gasteiger partial charge on any atom is -0.466 e. The molecule has 0 aromatic carbocycles. The van der Waals surface area contributed by atoms with E-state index in [2.05, 4.69) is 17.7 Å². The van der Waals surface area contributed by atoms with Crippen LogP contribution in [0.5, 0.6) is 0 Å². The predicted molar refractivity (Wildman–Crippen MR) is 62.7 cm³/mol. The first-order chi connectivity index (χ1) is 8.06. The van der Waals surface area contributed by atoms with E-state index in [0.717, 1.165) is 0 Å². The van der Waals surface area contributed by atoms with Gasteiger partial charge < -0.3 is 9.64 Å². The molecule has 0 aromatic heterocycles. The molecule has 17 heavy (non-hydrogen) atoms. The highest BCUT2D eigenvalue weighted by atomic mass is 16.5. The Labute approximate surface area is 101 Å². The zero-order valence-corrected chi connectivity index (χ0v) is 10.3. The van der Waals surface area contributed by atoms with E-state index in [1.54, 1.807) is 11.9 Å². The molecule has 0 N–H and O–H groups in total. The maximum absolute atomic E-state index is 11.9. The second-order valence-electron chi connectivity index (χ2n) is 4.71. The third kappa shape index (κ3) is 1.88. The summed E-state index contributed by atoms with van der Waals surface area (Å²) in [6.07, 6.45) is 7.18. The van der Waals surface area contributed by atoms with Crippen molar-refractivity contribution in [3.05, 3.63) is 24.4 Å². The van der Waals surface area contributed by atoms with Crippen LogP contribution in [0.15, 0.2) is 24.4 Å². The van der Waals surface area contributed by atoms with Crippen LogP contribution >= 0.6 is 0 Å². The molecule has 2 rings (SSSR count). The molecule has 92 valence electrons. The number of rotatable bonds is 2. The fourth-order valence-electron chi connectivity index (χ4n) is 2.77. The molecule has 4 heteroatoms. The zero-order valence-electron chi connectivity index (χ0n) is 10.3. The largest absolute Gasteiger partial charge is 0.466 e. The first kappa shape index (κ1) is 11.9. The average molecular weight is 235 g/mol. The van der Waals surface area contributed by atoms with Crippen molar-refractivity contribution in [3.63, 3.8) is 0 Å². The van der Waals surface area contributed by atoms with Crippen LogP contribution in [0.4, 0.5) is 0 Å². The lowest BCUT2D eigenvalue weighted by Crippen LogP contribution is -2.53. The lowest BCUT2D eigenvalue weighted by molar-refractivity contribution is -0.144. The number of carbonyl (C=O) groups is 2. The van der Waals surface area contributed by atoms with Gasteiger partial charge in [-0.25, -0.2) is 4.79 Å². The Morgan fingerprint density at radius 1 is 1.53 bits per heavy atom. The highest BCUT2D eigenvalue weighted by Gasteiger charge is 2.51. The van der Waals surface area contributed by atoms with Crippen LogP contribution in [0.1, 0.15) is 6.92 Å². The van der Waals surface area contributed by atoms with Crippen molar-refractivity contribution in [1.29, 1.82) is 0 Å². The van der Waals surface area contributed by atoms with E-state index in [-0.39, 0.29) is 35.5 Å². The molecular formula is C13H17NO3. The second-order valence-corrected chi connectivity index (χ2v) is 4.71. The summed E-state index contributed by atoms with van der Waals surface area (Å²) in [5, 5.41) is 0. The Hall–Kier alpha value is -1.58. The van der Waals surface area contributed by atoms with Crippen LogP contribution in [-0.4, -0.2) is 30.9 Å². The smallest absolute Gasteiger partial charge is 0.330 e. The van der Waals surface area contributed by atoms with Crippen LogP contribution in [0, 0.1) is 23.7 Å². The maximum Gasteiger partial charge on any atom is 0.330 e. The number of amides is 1. The van der Waals surface area contributed by atoms with Gasteiger partial charge in [0.05, 0.1) is 7.11 Å². The van der Waals surface area contributed by atoms with Gasteiger partial charge in [-0.15, -0.1) is 0 Å². The summed E-state index contributed by atoms with van der Waals surface area (Å²) in [6, 6.07) is 0. The maximum atomic E-state index is 11.9. The van der Waals surface area contributed by atoms with Crippen molar-refractivity contribution < 1.29 is 14.3 Å². The van der Waals surface area contributed by atoms with Gasteiger partial charge in [0, 0.05) is 25.2 Å². The lowest BCUT2D eigenvalue weighted by atomic mass is 9.56.